The van der Waals surface area contributed by atoms with Crippen molar-refractivity contribution in [3.63, 3.8) is 0 Å². The van der Waals surface area contributed by atoms with Crippen molar-refractivity contribution in [1.82, 2.24) is 14.8 Å². The third-order valence-electron chi connectivity index (χ3n) is 3.62. The normalized spacial score (nSPS) is 16.7. The third-order valence-corrected chi connectivity index (χ3v) is 3.62. The SMILES string of the molecule is c1ccc(-n2cnnc2C2COc3ccccc32)cc1. The summed E-state index contributed by atoms with van der Waals surface area (Å²) in [5.74, 6) is 2.00. The molecule has 20 heavy (non-hydrogen) atoms. The van der Waals surface area contributed by atoms with E-state index in [4.69, 9.17) is 4.74 Å². The number of ether oxygens (including phenoxy) is 1. The fraction of sp³-hybridized carbons (Fsp3) is 0.125. The highest BCUT2D eigenvalue weighted by Crippen LogP contribution is 2.37. The van der Waals surface area contributed by atoms with Crippen LogP contribution in [0.3, 0.4) is 0 Å². The number of aromatic nitrogens is 3. The maximum absolute atomic E-state index is 5.74. The van der Waals surface area contributed by atoms with E-state index in [1.807, 2.05) is 41.0 Å². The summed E-state index contributed by atoms with van der Waals surface area (Å²) < 4.78 is 7.77. The minimum atomic E-state index is 0.133. The van der Waals surface area contributed by atoms with Crippen molar-refractivity contribution in [3.8, 4) is 11.4 Å². The van der Waals surface area contributed by atoms with E-state index in [-0.39, 0.29) is 5.92 Å². The number of nitrogens with zero attached hydrogens (tertiary/aromatic N) is 3. The summed E-state index contributed by atoms with van der Waals surface area (Å²) in [5, 5.41) is 8.38. The molecule has 2 heterocycles. The van der Waals surface area contributed by atoms with Crippen LogP contribution in [0, 0.1) is 0 Å². The Morgan fingerprint density at radius 1 is 1.00 bits per heavy atom. The topological polar surface area (TPSA) is 39.9 Å². The first-order valence-corrected chi connectivity index (χ1v) is 6.60. The van der Waals surface area contributed by atoms with Crippen LogP contribution < -0.4 is 4.74 Å². The lowest BCUT2D eigenvalue weighted by Crippen LogP contribution is -2.10. The second-order valence-electron chi connectivity index (χ2n) is 4.80. The van der Waals surface area contributed by atoms with Crippen LogP contribution in [0.2, 0.25) is 0 Å². The largest absolute Gasteiger partial charge is 0.492 e. The molecule has 4 nitrogen and oxygen atoms in total. The minimum absolute atomic E-state index is 0.133. The van der Waals surface area contributed by atoms with E-state index in [0.29, 0.717) is 6.61 Å². The van der Waals surface area contributed by atoms with Crippen LogP contribution in [0.15, 0.2) is 60.9 Å². The van der Waals surface area contributed by atoms with Crippen molar-refractivity contribution in [3.05, 3.63) is 72.3 Å². The van der Waals surface area contributed by atoms with Gasteiger partial charge in [-0.05, 0) is 18.2 Å². The van der Waals surface area contributed by atoms with Gasteiger partial charge in [-0.2, -0.15) is 0 Å². The lowest BCUT2D eigenvalue weighted by molar-refractivity contribution is 0.339. The molecule has 0 radical (unpaired) electrons. The van der Waals surface area contributed by atoms with Gasteiger partial charge < -0.3 is 4.74 Å². The molecule has 2 aromatic carbocycles. The molecule has 98 valence electrons. The minimum Gasteiger partial charge on any atom is -0.492 e. The van der Waals surface area contributed by atoms with E-state index >= 15 is 0 Å². The van der Waals surface area contributed by atoms with Gasteiger partial charge in [0.05, 0.1) is 5.92 Å². The van der Waals surface area contributed by atoms with E-state index in [9.17, 15) is 0 Å². The number of para-hydroxylation sites is 2. The summed E-state index contributed by atoms with van der Waals surface area (Å²) in [6.45, 7) is 0.616. The van der Waals surface area contributed by atoms with Gasteiger partial charge in [0.1, 0.15) is 24.5 Å². The third kappa shape index (κ3) is 1.69. The zero-order valence-corrected chi connectivity index (χ0v) is 10.8. The number of hydrogen-bond acceptors (Lipinski definition) is 3. The van der Waals surface area contributed by atoms with Crippen molar-refractivity contribution < 1.29 is 4.74 Å². The molecule has 0 saturated carbocycles. The molecule has 4 rings (SSSR count). The average molecular weight is 263 g/mol. The van der Waals surface area contributed by atoms with Crippen molar-refractivity contribution in [2.24, 2.45) is 0 Å². The highest BCUT2D eigenvalue weighted by molar-refractivity contribution is 5.44. The standard InChI is InChI=1S/C16H13N3O/c1-2-6-12(7-3-1)19-11-17-18-16(19)14-10-20-15-9-5-4-8-13(14)15/h1-9,11,14H,10H2. The molecule has 0 fully saturated rings. The quantitative estimate of drug-likeness (QED) is 0.713. The van der Waals surface area contributed by atoms with Gasteiger partial charge in [-0.25, -0.2) is 0 Å². The second kappa shape index (κ2) is 4.49. The van der Waals surface area contributed by atoms with Crippen molar-refractivity contribution in [1.29, 1.82) is 0 Å². The van der Waals surface area contributed by atoms with Crippen LogP contribution in [0.4, 0.5) is 0 Å². The summed E-state index contributed by atoms with van der Waals surface area (Å²) in [6, 6.07) is 18.2. The molecule has 1 aliphatic rings. The van der Waals surface area contributed by atoms with Crippen LogP contribution >= 0.6 is 0 Å². The monoisotopic (exact) mass is 263 g/mol. The first-order valence-electron chi connectivity index (χ1n) is 6.60. The Balaban J connectivity index is 1.81. The summed E-state index contributed by atoms with van der Waals surface area (Å²) >= 11 is 0. The number of benzene rings is 2. The van der Waals surface area contributed by atoms with E-state index in [1.54, 1.807) is 6.33 Å². The molecule has 0 amide bonds. The summed E-state index contributed by atoms with van der Waals surface area (Å²) in [7, 11) is 0. The van der Waals surface area contributed by atoms with Gasteiger partial charge in [-0.15, -0.1) is 10.2 Å². The lowest BCUT2D eigenvalue weighted by atomic mass is 10.0. The van der Waals surface area contributed by atoms with Crippen molar-refractivity contribution >= 4 is 0 Å². The molecule has 0 bridgehead atoms. The Labute approximate surface area is 116 Å². The molecule has 4 heteroatoms. The summed E-state index contributed by atoms with van der Waals surface area (Å²) in [4.78, 5) is 0. The Bertz CT molecular complexity index is 736. The van der Waals surface area contributed by atoms with Gasteiger partial charge in [0, 0.05) is 11.3 Å². The van der Waals surface area contributed by atoms with E-state index in [0.717, 1.165) is 17.3 Å². The van der Waals surface area contributed by atoms with Crippen LogP contribution in [0.25, 0.3) is 5.69 Å². The second-order valence-corrected chi connectivity index (χ2v) is 4.80. The van der Waals surface area contributed by atoms with Gasteiger partial charge in [0.2, 0.25) is 0 Å². The average Bonchev–Trinajstić information content (AvgIpc) is 3.14. The number of hydrogen-bond donors (Lipinski definition) is 0. The van der Waals surface area contributed by atoms with Gasteiger partial charge in [0.15, 0.2) is 0 Å². The zero-order chi connectivity index (χ0) is 13.4. The van der Waals surface area contributed by atoms with Crippen LogP contribution in [0.1, 0.15) is 17.3 Å². The number of fused-ring (bicyclic) bond motifs is 1. The lowest BCUT2D eigenvalue weighted by Gasteiger charge is -2.11. The maximum Gasteiger partial charge on any atom is 0.148 e. The predicted molar refractivity (Wildman–Crippen MR) is 75.1 cm³/mol. The molecule has 1 aromatic heterocycles. The van der Waals surface area contributed by atoms with Gasteiger partial charge in [-0.1, -0.05) is 36.4 Å². The van der Waals surface area contributed by atoms with Crippen LogP contribution in [-0.2, 0) is 0 Å². The first-order chi connectivity index (χ1) is 9.93. The Hall–Kier alpha value is -2.62. The molecule has 1 atom stereocenters. The fourth-order valence-corrected chi connectivity index (χ4v) is 2.65. The van der Waals surface area contributed by atoms with Gasteiger partial charge >= 0.3 is 0 Å². The van der Waals surface area contributed by atoms with E-state index < -0.39 is 0 Å². The summed E-state index contributed by atoms with van der Waals surface area (Å²) in [5.41, 5.74) is 2.24. The molecule has 3 aromatic rings. The summed E-state index contributed by atoms with van der Waals surface area (Å²) in [6.07, 6.45) is 1.76. The Kier molecular flexibility index (Phi) is 2.52. The molecule has 1 aliphatic heterocycles. The van der Waals surface area contributed by atoms with Crippen molar-refractivity contribution in [2.45, 2.75) is 5.92 Å². The van der Waals surface area contributed by atoms with Gasteiger partial charge in [0.25, 0.3) is 0 Å². The van der Waals surface area contributed by atoms with Crippen LogP contribution in [-0.4, -0.2) is 21.4 Å². The van der Waals surface area contributed by atoms with Crippen LogP contribution in [0.5, 0.6) is 5.75 Å². The first kappa shape index (κ1) is 11.2. The van der Waals surface area contributed by atoms with Crippen molar-refractivity contribution in [2.75, 3.05) is 6.61 Å². The zero-order valence-electron chi connectivity index (χ0n) is 10.8. The molecular weight excluding hydrogens is 250 g/mol. The Morgan fingerprint density at radius 3 is 2.70 bits per heavy atom. The Morgan fingerprint density at radius 2 is 1.80 bits per heavy atom. The molecular formula is C16H13N3O. The highest BCUT2D eigenvalue weighted by atomic mass is 16.5. The predicted octanol–water partition coefficient (Wildman–Crippen LogP) is 2.79. The molecule has 0 saturated heterocycles. The fourth-order valence-electron chi connectivity index (χ4n) is 2.65. The number of rotatable bonds is 2. The van der Waals surface area contributed by atoms with E-state index in [2.05, 4.69) is 28.4 Å². The molecule has 0 N–H and O–H groups in total. The molecule has 0 spiro atoms. The van der Waals surface area contributed by atoms with E-state index in [1.165, 1.54) is 5.56 Å². The molecule has 0 aliphatic carbocycles. The smallest absolute Gasteiger partial charge is 0.148 e. The highest BCUT2D eigenvalue weighted by Gasteiger charge is 2.29. The molecule has 1 unspecified atom stereocenters. The van der Waals surface area contributed by atoms with Gasteiger partial charge in [-0.3, -0.25) is 4.57 Å². The maximum atomic E-state index is 5.74.